The lowest BCUT2D eigenvalue weighted by molar-refractivity contribution is -0.157. The molecule has 0 aromatic carbocycles. The summed E-state index contributed by atoms with van der Waals surface area (Å²) in [4.78, 5) is 2.76. The van der Waals surface area contributed by atoms with Crippen LogP contribution < -0.4 is 0 Å². The highest BCUT2D eigenvalue weighted by Crippen LogP contribution is 2.48. The number of aliphatic hydroxyl groups excluding tert-OH is 1. The fourth-order valence-corrected chi connectivity index (χ4v) is 5.48. The lowest BCUT2D eigenvalue weighted by Crippen LogP contribution is -2.46. The van der Waals surface area contributed by atoms with Gasteiger partial charge in [-0.15, -0.1) is 11.3 Å². The Morgan fingerprint density at radius 3 is 2.85 bits per heavy atom. The van der Waals surface area contributed by atoms with Gasteiger partial charge in [0, 0.05) is 16.4 Å². The van der Waals surface area contributed by atoms with Crippen LogP contribution >= 0.6 is 11.3 Å². The van der Waals surface area contributed by atoms with Gasteiger partial charge in [0.25, 0.3) is 0 Å². The molecule has 0 bridgehead atoms. The lowest BCUT2D eigenvalue weighted by atomic mass is 9.70. The normalized spacial score (nSPS) is 29.8. The first kappa shape index (κ1) is 13.3. The van der Waals surface area contributed by atoms with E-state index in [9.17, 15) is 5.11 Å². The minimum atomic E-state index is -0.257. The molecule has 1 saturated heterocycles. The highest BCUT2D eigenvalue weighted by Gasteiger charge is 2.44. The maximum absolute atomic E-state index is 10.8. The monoisotopic (exact) mass is 292 g/mol. The van der Waals surface area contributed by atoms with E-state index in [1.54, 1.807) is 0 Å². The molecule has 1 aromatic rings. The number of hydrogen-bond acceptors (Lipinski definition) is 3. The first-order valence-electron chi connectivity index (χ1n) is 8.19. The van der Waals surface area contributed by atoms with Crippen molar-refractivity contribution in [1.82, 2.24) is 0 Å². The average Bonchev–Trinajstić information content (AvgIpc) is 2.89. The summed E-state index contributed by atoms with van der Waals surface area (Å²) >= 11 is 1.87. The van der Waals surface area contributed by atoms with Crippen molar-refractivity contribution in [2.45, 2.75) is 69.5 Å². The summed E-state index contributed by atoms with van der Waals surface area (Å²) in [5, 5.41) is 10.8. The summed E-state index contributed by atoms with van der Waals surface area (Å²) in [5.41, 5.74) is 1.65. The number of aliphatic hydroxyl groups is 1. The Morgan fingerprint density at radius 2 is 2.10 bits per heavy atom. The molecule has 0 amide bonds. The van der Waals surface area contributed by atoms with Crippen LogP contribution in [0.15, 0.2) is 6.07 Å². The summed E-state index contributed by atoms with van der Waals surface area (Å²) < 4.78 is 5.99. The van der Waals surface area contributed by atoms with Crippen molar-refractivity contribution in [2.75, 3.05) is 6.61 Å². The van der Waals surface area contributed by atoms with Crippen molar-refractivity contribution in [3.8, 4) is 0 Å². The van der Waals surface area contributed by atoms with Crippen LogP contribution in [0.25, 0.3) is 0 Å². The summed E-state index contributed by atoms with van der Waals surface area (Å²) in [6.45, 7) is 0.840. The molecule has 1 N–H and O–H groups in total. The maximum atomic E-state index is 10.8. The van der Waals surface area contributed by atoms with Crippen molar-refractivity contribution in [3.05, 3.63) is 21.4 Å². The van der Waals surface area contributed by atoms with Gasteiger partial charge < -0.3 is 9.84 Å². The van der Waals surface area contributed by atoms with Gasteiger partial charge in [-0.3, -0.25) is 0 Å². The number of ether oxygens (including phenoxy) is 1. The van der Waals surface area contributed by atoms with Gasteiger partial charge in [0.1, 0.15) is 0 Å². The number of fused-ring (bicyclic) bond motifs is 1. The third-order valence-electron chi connectivity index (χ3n) is 5.55. The number of rotatable bonds is 2. The van der Waals surface area contributed by atoms with E-state index in [4.69, 9.17) is 4.74 Å². The summed E-state index contributed by atoms with van der Waals surface area (Å²) in [5.74, 6) is 0.407. The quantitative estimate of drug-likeness (QED) is 0.892. The molecule has 110 valence electrons. The van der Waals surface area contributed by atoms with E-state index in [1.807, 2.05) is 11.3 Å². The number of aryl methyl sites for hydroxylation is 2. The minimum Gasteiger partial charge on any atom is -0.387 e. The van der Waals surface area contributed by atoms with Crippen LogP contribution in [0.4, 0.5) is 0 Å². The predicted octanol–water partition coefficient (Wildman–Crippen LogP) is 4.01. The van der Waals surface area contributed by atoms with E-state index in [0.717, 1.165) is 19.4 Å². The van der Waals surface area contributed by atoms with Crippen LogP contribution in [0.5, 0.6) is 0 Å². The first-order chi connectivity index (χ1) is 9.76. The third-order valence-corrected chi connectivity index (χ3v) is 6.86. The standard InChI is InChI=1S/C17H24O2S/c18-16(13-6-9-19-17(11-13)7-3-8-17)15-10-12-4-1-2-5-14(12)20-15/h10,13,16,18H,1-9,11H2. The molecule has 1 saturated carbocycles. The van der Waals surface area contributed by atoms with E-state index in [-0.39, 0.29) is 11.7 Å². The molecule has 3 aliphatic rings. The molecule has 0 radical (unpaired) electrons. The van der Waals surface area contributed by atoms with Crippen molar-refractivity contribution >= 4 is 11.3 Å². The second-order valence-electron chi connectivity index (χ2n) is 6.89. The zero-order valence-corrected chi connectivity index (χ0v) is 12.9. The van der Waals surface area contributed by atoms with Gasteiger partial charge in [0.05, 0.1) is 11.7 Å². The largest absolute Gasteiger partial charge is 0.387 e. The van der Waals surface area contributed by atoms with Gasteiger partial charge in [-0.1, -0.05) is 0 Å². The molecule has 3 heteroatoms. The van der Waals surface area contributed by atoms with Crippen molar-refractivity contribution in [3.63, 3.8) is 0 Å². The molecule has 2 atom stereocenters. The molecule has 1 aromatic heterocycles. The Morgan fingerprint density at radius 1 is 1.25 bits per heavy atom. The third kappa shape index (κ3) is 2.24. The maximum Gasteiger partial charge on any atom is 0.0912 e. The molecule has 20 heavy (non-hydrogen) atoms. The summed E-state index contributed by atoms with van der Waals surface area (Å²) in [6, 6.07) is 2.30. The summed E-state index contributed by atoms with van der Waals surface area (Å²) in [6.07, 6.45) is 10.6. The fourth-order valence-electron chi connectivity index (χ4n) is 4.15. The lowest BCUT2D eigenvalue weighted by Gasteiger charge is -2.48. The van der Waals surface area contributed by atoms with Gasteiger partial charge in [-0.05, 0) is 75.3 Å². The van der Waals surface area contributed by atoms with E-state index < -0.39 is 0 Å². The topological polar surface area (TPSA) is 29.5 Å². The molecule has 1 aliphatic heterocycles. The second kappa shape index (κ2) is 5.11. The molecule has 4 rings (SSSR count). The van der Waals surface area contributed by atoms with Crippen LogP contribution in [0.1, 0.15) is 66.4 Å². The predicted molar refractivity (Wildman–Crippen MR) is 81.2 cm³/mol. The first-order valence-corrected chi connectivity index (χ1v) is 9.01. The van der Waals surface area contributed by atoms with E-state index in [2.05, 4.69) is 6.07 Å². The summed E-state index contributed by atoms with van der Waals surface area (Å²) in [7, 11) is 0. The molecule has 2 fully saturated rings. The molecular weight excluding hydrogens is 268 g/mol. The van der Waals surface area contributed by atoms with Gasteiger partial charge in [0.15, 0.2) is 0 Å². The number of hydrogen-bond donors (Lipinski definition) is 1. The molecule has 1 spiro atoms. The SMILES string of the molecule is OC(c1cc2c(s1)CCCC2)C1CCOC2(CCC2)C1. The Kier molecular flexibility index (Phi) is 3.40. The van der Waals surface area contributed by atoms with Crippen LogP contribution in [-0.2, 0) is 17.6 Å². The highest BCUT2D eigenvalue weighted by molar-refractivity contribution is 7.12. The zero-order valence-electron chi connectivity index (χ0n) is 12.1. The van der Waals surface area contributed by atoms with Crippen molar-refractivity contribution in [1.29, 1.82) is 0 Å². The zero-order chi connectivity index (χ0) is 13.6. The molecular formula is C17H24O2S. The van der Waals surface area contributed by atoms with Gasteiger partial charge >= 0.3 is 0 Å². The average molecular weight is 292 g/mol. The van der Waals surface area contributed by atoms with Crippen LogP contribution in [0, 0.1) is 5.92 Å². The van der Waals surface area contributed by atoms with E-state index in [1.165, 1.54) is 60.3 Å². The van der Waals surface area contributed by atoms with Gasteiger partial charge in [-0.2, -0.15) is 0 Å². The van der Waals surface area contributed by atoms with E-state index >= 15 is 0 Å². The second-order valence-corrected chi connectivity index (χ2v) is 8.06. The molecule has 2 heterocycles. The van der Waals surface area contributed by atoms with Crippen LogP contribution in [0.2, 0.25) is 0 Å². The van der Waals surface area contributed by atoms with Crippen LogP contribution in [0.3, 0.4) is 0 Å². The Hall–Kier alpha value is -0.380. The number of thiophene rings is 1. The molecule has 2 nitrogen and oxygen atoms in total. The minimum absolute atomic E-state index is 0.140. The highest BCUT2D eigenvalue weighted by atomic mass is 32.1. The molecule has 2 unspecified atom stereocenters. The molecule has 2 aliphatic carbocycles. The fraction of sp³-hybridized carbons (Fsp3) is 0.765. The van der Waals surface area contributed by atoms with Crippen molar-refractivity contribution < 1.29 is 9.84 Å². The Labute approximate surface area is 125 Å². The Bertz CT molecular complexity index is 466. The van der Waals surface area contributed by atoms with Gasteiger partial charge in [0.2, 0.25) is 0 Å². The van der Waals surface area contributed by atoms with Crippen molar-refractivity contribution in [2.24, 2.45) is 5.92 Å². The van der Waals surface area contributed by atoms with Crippen LogP contribution in [-0.4, -0.2) is 17.3 Å². The van der Waals surface area contributed by atoms with Gasteiger partial charge in [-0.25, -0.2) is 0 Å². The van der Waals surface area contributed by atoms with E-state index in [0.29, 0.717) is 5.92 Å². The smallest absolute Gasteiger partial charge is 0.0912 e. The Balaban J connectivity index is 1.51.